The van der Waals surface area contributed by atoms with E-state index in [0.717, 1.165) is 0 Å². The van der Waals surface area contributed by atoms with E-state index >= 15 is 0 Å². The van der Waals surface area contributed by atoms with Crippen molar-refractivity contribution in [1.29, 1.82) is 0 Å². The maximum atomic E-state index is 13.6. The van der Waals surface area contributed by atoms with Crippen LogP contribution in [0.25, 0.3) is 11.3 Å². The lowest BCUT2D eigenvalue weighted by Crippen LogP contribution is -2.27. The summed E-state index contributed by atoms with van der Waals surface area (Å²) in [4.78, 5) is 14.3. The molecule has 8 heteroatoms. The number of halogens is 1. The number of carbonyl (C=O) groups is 1. The number of nitrogens with zero attached hydrogens (tertiary/aromatic N) is 2. The first-order chi connectivity index (χ1) is 12.0. The minimum Gasteiger partial charge on any atom is -0.494 e. The normalized spacial score (nSPS) is 10.6. The lowest BCUT2D eigenvalue weighted by Gasteiger charge is -2.11. The monoisotopic (exact) mass is 351 g/mol. The zero-order valence-corrected chi connectivity index (χ0v) is 14.8. The van der Waals surface area contributed by atoms with E-state index in [1.165, 1.54) is 25.3 Å². The summed E-state index contributed by atoms with van der Waals surface area (Å²) < 4.78 is 29.0. The van der Waals surface area contributed by atoms with Crippen molar-refractivity contribution in [2.45, 2.75) is 6.42 Å². The van der Waals surface area contributed by atoms with Gasteiger partial charge in [-0.3, -0.25) is 4.79 Å². The van der Waals surface area contributed by atoms with Crippen LogP contribution in [-0.2, 0) is 4.74 Å². The third-order valence-corrected chi connectivity index (χ3v) is 3.55. The second kappa shape index (κ2) is 8.48. The Morgan fingerprint density at radius 2 is 2.12 bits per heavy atom. The molecule has 2 rings (SSSR count). The quantitative estimate of drug-likeness (QED) is 0.736. The number of methoxy groups -OCH3 is 2. The summed E-state index contributed by atoms with van der Waals surface area (Å²) in [7, 11) is 6.49. The number of rotatable bonds is 8. The molecule has 0 saturated carbocycles. The minimum atomic E-state index is -0.496. The number of hydrogen-bond donors (Lipinski definition) is 1. The number of hydrogen-bond acceptors (Lipinski definition) is 6. The molecule has 0 bridgehead atoms. The zero-order chi connectivity index (χ0) is 18.4. The van der Waals surface area contributed by atoms with E-state index in [0.29, 0.717) is 31.0 Å². The van der Waals surface area contributed by atoms with E-state index in [1.807, 2.05) is 0 Å². The second-order valence-electron chi connectivity index (χ2n) is 5.56. The summed E-state index contributed by atoms with van der Waals surface area (Å²) in [5.74, 6) is -0.107. The van der Waals surface area contributed by atoms with Crippen LogP contribution in [0.4, 0.5) is 10.2 Å². The van der Waals surface area contributed by atoms with Crippen LogP contribution in [-0.4, -0.2) is 52.5 Å². The zero-order valence-electron chi connectivity index (χ0n) is 14.8. The number of nitrogens with one attached hydrogen (secondary N) is 1. The lowest BCUT2D eigenvalue weighted by atomic mass is 10.1. The molecule has 0 aliphatic heterocycles. The van der Waals surface area contributed by atoms with Crippen LogP contribution in [0, 0.1) is 5.82 Å². The van der Waals surface area contributed by atoms with E-state index in [9.17, 15) is 9.18 Å². The van der Waals surface area contributed by atoms with Crippen molar-refractivity contribution in [3.8, 4) is 17.1 Å². The van der Waals surface area contributed by atoms with E-state index in [4.69, 9.17) is 14.0 Å². The Morgan fingerprint density at radius 3 is 2.76 bits per heavy atom. The highest BCUT2D eigenvalue weighted by Crippen LogP contribution is 2.33. The van der Waals surface area contributed by atoms with Crippen molar-refractivity contribution >= 4 is 11.7 Å². The Labute approximate surface area is 145 Å². The number of ether oxygens (including phenoxy) is 2. The second-order valence-corrected chi connectivity index (χ2v) is 5.56. The van der Waals surface area contributed by atoms with Crippen molar-refractivity contribution in [2.24, 2.45) is 0 Å². The fourth-order valence-electron chi connectivity index (χ4n) is 2.30. The fraction of sp³-hybridized carbons (Fsp3) is 0.412. The lowest BCUT2D eigenvalue weighted by molar-refractivity contribution is 0.0949. The molecule has 0 unspecified atom stereocenters. The molecule has 0 saturated heterocycles. The Bertz CT molecular complexity index is 731. The molecule has 2 aromatic rings. The smallest absolute Gasteiger partial charge is 0.259 e. The highest BCUT2D eigenvalue weighted by molar-refractivity contribution is 6.04. The van der Waals surface area contributed by atoms with Crippen LogP contribution >= 0.6 is 0 Å². The van der Waals surface area contributed by atoms with Crippen molar-refractivity contribution in [2.75, 3.05) is 46.4 Å². The standard InChI is InChI=1S/C17H22FN3O4/c1-21(2)16-14(17(22)19-8-5-9-23-3)15(25-20-16)11-6-7-12(18)13(10-11)24-4/h6-7,10H,5,8-9H2,1-4H3,(H,19,22). The van der Waals surface area contributed by atoms with E-state index < -0.39 is 5.82 Å². The summed E-state index contributed by atoms with van der Waals surface area (Å²) in [5.41, 5.74) is 0.789. The predicted octanol–water partition coefficient (Wildman–Crippen LogP) is 2.32. The molecule has 0 spiro atoms. The van der Waals surface area contributed by atoms with Crippen LogP contribution in [0.1, 0.15) is 16.8 Å². The van der Waals surface area contributed by atoms with E-state index in [1.54, 1.807) is 26.1 Å². The molecular weight excluding hydrogens is 329 g/mol. The molecule has 0 radical (unpaired) electrons. The van der Waals surface area contributed by atoms with E-state index in [2.05, 4.69) is 10.5 Å². The SMILES string of the molecule is COCCCNC(=O)c1c(N(C)C)noc1-c1ccc(F)c(OC)c1. The first kappa shape index (κ1) is 18.7. The van der Waals surface area contributed by atoms with Gasteiger partial charge in [-0.2, -0.15) is 0 Å². The summed E-state index contributed by atoms with van der Waals surface area (Å²) in [6.07, 6.45) is 0.685. The fourth-order valence-corrected chi connectivity index (χ4v) is 2.30. The average Bonchev–Trinajstić information content (AvgIpc) is 3.04. The van der Waals surface area contributed by atoms with Gasteiger partial charge in [0.2, 0.25) is 0 Å². The summed E-state index contributed by atoms with van der Waals surface area (Å²) in [6.45, 7) is 1.00. The van der Waals surface area contributed by atoms with Crippen molar-refractivity contribution in [3.63, 3.8) is 0 Å². The van der Waals surface area contributed by atoms with Crippen LogP contribution in [0.5, 0.6) is 5.75 Å². The Hall–Kier alpha value is -2.61. The molecule has 0 aliphatic carbocycles. The Morgan fingerprint density at radius 1 is 1.36 bits per heavy atom. The topological polar surface area (TPSA) is 76.8 Å². The first-order valence-electron chi connectivity index (χ1n) is 7.77. The summed E-state index contributed by atoms with van der Waals surface area (Å²) in [5, 5.41) is 6.78. The van der Waals surface area contributed by atoms with Crippen LogP contribution < -0.4 is 15.0 Å². The van der Waals surface area contributed by atoms with Crippen LogP contribution in [0.2, 0.25) is 0 Å². The molecule has 0 atom stereocenters. The Kier molecular flexibility index (Phi) is 6.35. The van der Waals surface area contributed by atoms with Crippen LogP contribution in [0.15, 0.2) is 22.7 Å². The third-order valence-electron chi connectivity index (χ3n) is 3.55. The highest BCUT2D eigenvalue weighted by Gasteiger charge is 2.25. The van der Waals surface area contributed by atoms with Gasteiger partial charge in [0.15, 0.2) is 23.1 Å². The van der Waals surface area contributed by atoms with Gasteiger partial charge < -0.3 is 24.2 Å². The number of amides is 1. The largest absolute Gasteiger partial charge is 0.494 e. The Balaban J connectivity index is 2.37. The maximum absolute atomic E-state index is 13.6. The van der Waals surface area contributed by atoms with Gasteiger partial charge in [-0.1, -0.05) is 5.16 Å². The highest BCUT2D eigenvalue weighted by atomic mass is 19.1. The maximum Gasteiger partial charge on any atom is 0.259 e. The average molecular weight is 351 g/mol. The molecular formula is C17H22FN3O4. The molecule has 1 N–H and O–H groups in total. The minimum absolute atomic E-state index is 0.0618. The van der Waals surface area contributed by atoms with Crippen LogP contribution in [0.3, 0.4) is 0 Å². The van der Waals surface area contributed by atoms with E-state index in [-0.39, 0.29) is 23.0 Å². The molecule has 25 heavy (non-hydrogen) atoms. The van der Waals surface area contributed by atoms with Gasteiger partial charge in [0.05, 0.1) is 7.11 Å². The van der Waals surface area contributed by atoms with Gasteiger partial charge >= 0.3 is 0 Å². The van der Waals surface area contributed by atoms with Gasteiger partial charge in [0.25, 0.3) is 5.91 Å². The van der Waals surface area contributed by atoms with Gasteiger partial charge in [-0.25, -0.2) is 4.39 Å². The molecule has 1 amide bonds. The van der Waals surface area contributed by atoms with Crippen molar-refractivity contribution in [1.82, 2.24) is 10.5 Å². The first-order valence-corrected chi connectivity index (χ1v) is 7.77. The molecule has 7 nitrogen and oxygen atoms in total. The third kappa shape index (κ3) is 4.27. The molecule has 0 fully saturated rings. The van der Waals surface area contributed by atoms with Gasteiger partial charge in [0, 0.05) is 39.9 Å². The molecule has 136 valence electrons. The van der Waals surface area contributed by atoms with Gasteiger partial charge in [-0.15, -0.1) is 0 Å². The van der Waals surface area contributed by atoms with Crippen molar-refractivity contribution < 1.29 is 23.2 Å². The molecule has 1 heterocycles. The van der Waals surface area contributed by atoms with Gasteiger partial charge in [-0.05, 0) is 24.6 Å². The molecule has 0 aliphatic rings. The summed E-state index contributed by atoms with van der Waals surface area (Å²) >= 11 is 0. The number of carbonyl (C=O) groups excluding carboxylic acids is 1. The molecule has 1 aromatic heterocycles. The number of benzene rings is 1. The van der Waals surface area contributed by atoms with Gasteiger partial charge in [0.1, 0.15) is 5.56 Å². The number of anilines is 1. The predicted molar refractivity (Wildman–Crippen MR) is 91.6 cm³/mol. The summed E-state index contributed by atoms with van der Waals surface area (Å²) in [6, 6.07) is 4.24. The van der Waals surface area contributed by atoms with Crippen molar-refractivity contribution in [3.05, 3.63) is 29.6 Å². The molecule has 1 aromatic carbocycles. The number of aromatic nitrogens is 1.